The number of nitrogens with zero attached hydrogens (tertiary/aromatic N) is 3. The Hall–Kier alpha value is -3.72. The summed E-state index contributed by atoms with van der Waals surface area (Å²) in [5.41, 5.74) is 9.33. The predicted octanol–water partition coefficient (Wildman–Crippen LogP) is 4.28. The normalized spacial score (nSPS) is 16.0. The highest BCUT2D eigenvalue weighted by atomic mass is 19.1. The standard InChI is InChI=1S/C26H30FN7O/c1-15-23(26(35)10-11-26)16(2)34(33-15)22-13-21(28)32-25(31-14-17-3-4-17)20(9-12-30-22)24(29)18-5-7-19(27)8-6-18/h5-9,12-13,17,29,31-32,35H,3-4,10-11,14,28H2,1-2H3. The molecule has 2 aromatic heterocycles. The molecule has 0 radical (unpaired) electrons. The molecule has 0 unspecified atom stereocenters. The third-order valence-electron chi connectivity index (χ3n) is 6.64. The number of aryl methyl sites for hydroxylation is 1. The number of aromatic nitrogens is 4. The molecule has 1 aromatic carbocycles. The smallest absolute Gasteiger partial charge is 0.157 e. The summed E-state index contributed by atoms with van der Waals surface area (Å²) in [5, 5.41) is 27.6. The molecule has 0 aliphatic heterocycles. The molecule has 0 amide bonds. The number of rotatable bonds is 7. The summed E-state index contributed by atoms with van der Waals surface area (Å²) in [4.78, 5) is 7.81. The number of hydrogen-bond donors (Lipinski definition) is 5. The van der Waals surface area contributed by atoms with Crippen LogP contribution in [0.15, 0.2) is 42.6 Å². The fourth-order valence-corrected chi connectivity index (χ4v) is 4.41. The molecule has 5 rings (SSSR count). The van der Waals surface area contributed by atoms with Gasteiger partial charge in [0.05, 0.1) is 17.0 Å². The lowest BCUT2D eigenvalue weighted by Crippen LogP contribution is -2.11. The van der Waals surface area contributed by atoms with Crippen LogP contribution >= 0.6 is 0 Å². The molecule has 8 nitrogen and oxygen atoms in total. The minimum atomic E-state index is -0.812. The van der Waals surface area contributed by atoms with Crippen molar-refractivity contribution in [2.24, 2.45) is 5.92 Å². The maximum Gasteiger partial charge on any atom is 0.157 e. The van der Waals surface area contributed by atoms with E-state index >= 15 is 0 Å². The van der Waals surface area contributed by atoms with Crippen LogP contribution < -0.4 is 11.1 Å². The van der Waals surface area contributed by atoms with Crippen LogP contribution in [0.25, 0.3) is 5.82 Å². The molecule has 2 heterocycles. The van der Waals surface area contributed by atoms with Crippen molar-refractivity contribution in [1.29, 1.82) is 5.41 Å². The average Bonchev–Trinajstić information content (AvgIpc) is 3.74. The van der Waals surface area contributed by atoms with Gasteiger partial charge in [0.1, 0.15) is 17.5 Å². The second-order valence-corrected chi connectivity index (χ2v) is 9.51. The van der Waals surface area contributed by atoms with Gasteiger partial charge in [-0.15, -0.1) is 0 Å². The lowest BCUT2D eigenvalue weighted by Gasteiger charge is -2.12. The molecule has 2 fully saturated rings. The van der Waals surface area contributed by atoms with Crippen LogP contribution in [-0.2, 0) is 5.60 Å². The topological polar surface area (TPSA) is 129 Å². The molecular weight excluding hydrogens is 445 g/mol. The number of nitrogens with one attached hydrogen (secondary N) is 3. The average molecular weight is 476 g/mol. The summed E-state index contributed by atoms with van der Waals surface area (Å²) in [6.45, 7) is 4.56. The lowest BCUT2D eigenvalue weighted by atomic mass is 10.0. The third-order valence-corrected chi connectivity index (χ3v) is 6.64. The number of nitrogen functional groups attached to an aromatic ring is 1. The second-order valence-electron chi connectivity index (χ2n) is 9.51. The van der Waals surface area contributed by atoms with Gasteiger partial charge in [-0.2, -0.15) is 5.10 Å². The minimum absolute atomic E-state index is 0.211. The van der Waals surface area contributed by atoms with Crippen molar-refractivity contribution in [2.45, 2.75) is 45.1 Å². The van der Waals surface area contributed by atoms with Gasteiger partial charge in [-0.1, -0.05) is 0 Å². The molecule has 0 saturated heterocycles. The molecule has 35 heavy (non-hydrogen) atoms. The van der Waals surface area contributed by atoms with Crippen molar-refractivity contribution < 1.29 is 9.50 Å². The van der Waals surface area contributed by atoms with Crippen molar-refractivity contribution in [3.05, 3.63) is 76.5 Å². The van der Waals surface area contributed by atoms with E-state index in [4.69, 9.17) is 11.1 Å². The van der Waals surface area contributed by atoms with Crippen molar-refractivity contribution in [3.8, 4) is 5.82 Å². The molecule has 0 atom stereocenters. The fourth-order valence-electron chi connectivity index (χ4n) is 4.41. The fraction of sp³-hybridized carbons (Fsp3) is 0.346. The van der Waals surface area contributed by atoms with Gasteiger partial charge in [0, 0.05) is 41.2 Å². The summed E-state index contributed by atoms with van der Waals surface area (Å²) < 4.78 is 15.2. The van der Waals surface area contributed by atoms with Crippen LogP contribution in [0, 0.1) is 31.0 Å². The van der Waals surface area contributed by atoms with E-state index in [1.807, 2.05) is 13.8 Å². The molecular formula is C26H30FN7O. The van der Waals surface area contributed by atoms with Gasteiger partial charge >= 0.3 is 0 Å². The van der Waals surface area contributed by atoms with Crippen LogP contribution in [0.3, 0.4) is 0 Å². The molecule has 182 valence electrons. The van der Waals surface area contributed by atoms with Crippen LogP contribution in [0.4, 0.5) is 16.0 Å². The van der Waals surface area contributed by atoms with E-state index in [0.29, 0.717) is 34.5 Å². The van der Waals surface area contributed by atoms with Crippen molar-refractivity contribution >= 4 is 17.3 Å². The summed E-state index contributed by atoms with van der Waals surface area (Å²) >= 11 is 0. The zero-order valence-electron chi connectivity index (χ0n) is 19.9. The third kappa shape index (κ3) is 4.77. The highest BCUT2D eigenvalue weighted by molar-refractivity contribution is 6.13. The first-order valence-electron chi connectivity index (χ1n) is 11.9. The van der Waals surface area contributed by atoms with Gasteiger partial charge in [-0.05, 0) is 75.8 Å². The Bertz CT molecular complexity index is 1330. The largest absolute Gasteiger partial charge is 0.385 e. The number of hydrogen-bond acceptors (Lipinski definition) is 6. The number of H-pyrrole nitrogens is 1. The Morgan fingerprint density at radius 2 is 1.97 bits per heavy atom. The Morgan fingerprint density at radius 1 is 1.26 bits per heavy atom. The number of aliphatic hydroxyl groups is 1. The Kier molecular flexibility index (Phi) is 5.80. The molecule has 0 spiro atoms. The zero-order chi connectivity index (χ0) is 24.7. The SMILES string of the molecule is Cc1nn(-c2cc(N)[nH]c(NCC3CC3)c(C(=N)c3ccc(F)cc3)ccn2)c(C)c1C1(O)CC1. The van der Waals surface area contributed by atoms with Crippen molar-refractivity contribution in [2.75, 3.05) is 17.6 Å². The van der Waals surface area contributed by atoms with E-state index in [2.05, 4.69) is 20.4 Å². The highest BCUT2D eigenvalue weighted by Crippen LogP contribution is 2.47. The first kappa shape index (κ1) is 23.0. The quantitative estimate of drug-likeness (QED) is 0.326. The van der Waals surface area contributed by atoms with Gasteiger partial charge in [0.2, 0.25) is 0 Å². The van der Waals surface area contributed by atoms with Crippen LogP contribution in [0.2, 0.25) is 0 Å². The molecule has 2 saturated carbocycles. The Morgan fingerprint density at radius 3 is 2.63 bits per heavy atom. The van der Waals surface area contributed by atoms with Gasteiger partial charge in [-0.3, -0.25) is 5.41 Å². The van der Waals surface area contributed by atoms with Crippen LogP contribution in [0.5, 0.6) is 0 Å². The Balaban J connectivity index is 1.61. The van der Waals surface area contributed by atoms with Crippen molar-refractivity contribution in [3.63, 3.8) is 0 Å². The van der Waals surface area contributed by atoms with Gasteiger partial charge in [0.25, 0.3) is 0 Å². The second kappa shape index (κ2) is 8.81. The zero-order valence-corrected chi connectivity index (χ0v) is 19.9. The summed E-state index contributed by atoms with van der Waals surface area (Å²) in [6.07, 6.45) is 5.40. The van der Waals surface area contributed by atoms with Gasteiger partial charge in [0.15, 0.2) is 5.82 Å². The molecule has 9 heteroatoms. The summed E-state index contributed by atoms with van der Waals surface area (Å²) in [5.74, 6) is 1.65. The first-order valence-corrected chi connectivity index (χ1v) is 11.9. The minimum Gasteiger partial charge on any atom is -0.385 e. The number of nitrogens with two attached hydrogens (primary N) is 1. The van der Waals surface area contributed by atoms with Crippen LogP contribution in [-0.4, -0.2) is 37.1 Å². The van der Waals surface area contributed by atoms with Gasteiger partial charge in [-0.25, -0.2) is 14.1 Å². The number of halogens is 1. The monoisotopic (exact) mass is 475 g/mol. The highest BCUT2D eigenvalue weighted by Gasteiger charge is 2.46. The maximum absolute atomic E-state index is 13.5. The van der Waals surface area contributed by atoms with Crippen LogP contribution in [0.1, 0.15) is 53.8 Å². The number of aromatic amines is 1. The molecule has 6 N–H and O–H groups in total. The van der Waals surface area contributed by atoms with E-state index < -0.39 is 5.60 Å². The van der Waals surface area contributed by atoms with E-state index in [-0.39, 0.29) is 11.5 Å². The molecule has 3 aromatic rings. The molecule has 2 aliphatic rings. The molecule has 0 bridgehead atoms. The Labute approximate surface area is 203 Å². The number of benzene rings is 1. The van der Waals surface area contributed by atoms with E-state index in [0.717, 1.165) is 36.3 Å². The first-order chi connectivity index (χ1) is 16.7. The summed E-state index contributed by atoms with van der Waals surface area (Å²) in [6, 6.07) is 9.27. The summed E-state index contributed by atoms with van der Waals surface area (Å²) in [7, 11) is 0. The van der Waals surface area contributed by atoms with E-state index in [1.54, 1.807) is 35.1 Å². The van der Waals surface area contributed by atoms with Gasteiger partial charge < -0.3 is 21.1 Å². The number of anilines is 2. The lowest BCUT2D eigenvalue weighted by molar-refractivity contribution is 0.150. The molecule has 2 aliphatic carbocycles. The van der Waals surface area contributed by atoms with E-state index in [1.165, 1.54) is 25.0 Å². The maximum atomic E-state index is 13.5. The van der Waals surface area contributed by atoms with E-state index in [9.17, 15) is 9.50 Å². The van der Waals surface area contributed by atoms with Crippen molar-refractivity contribution in [1.82, 2.24) is 19.7 Å². The predicted molar refractivity (Wildman–Crippen MR) is 134 cm³/mol.